The monoisotopic (exact) mass is 377 g/mol. The van der Waals surface area contributed by atoms with Gasteiger partial charge >= 0.3 is 0 Å². The zero-order chi connectivity index (χ0) is 18.4. The minimum Gasteiger partial charge on any atom is -0.497 e. The molecular formula is C19H25N2O4S+. The van der Waals surface area contributed by atoms with E-state index in [1.165, 1.54) is 4.90 Å². The van der Waals surface area contributed by atoms with Gasteiger partial charge in [-0.25, -0.2) is 8.42 Å². The fourth-order valence-electron chi connectivity index (χ4n) is 3.02. The van der Waals surface area contributed by atoms with Gasteiger partial charge in [0.15, 0.2) is 0 Å². The minimum absolute atomic E-state index is 0.367. The molecular weight excluding hydrogens is 352 g/mol. The number of quaternary nitrogens is 1. The van der Waals surface area contributed by atoms with Crippen LogP contribution in [0.4, 0.5) is 0 Å². The Morgan fingerprint density at radius 1 is 0.962 bits per heavy atom. The first-order valence-electron chi connectivity index (χ1n) is 8.75. The van der Waals surface area contributed by atoms with Crippen LogP contribution in [0.2, 0.25) is 0 Å². The molecule has 3 rings (SSSR count). The van der Waals surface area contributed by atoms with E-state index in [1.807, 2.05) is 30.3 Å². The normalized spacial score (nSPS) is 16.3. The van der Waals surface area contributed by atoms with E-state index in [1.54, 1.807) is 35.7 Å². The molecule has 0 spiro atoms. The van der Waals surface area contributed by atoms with E-state index in [-0.39, 0.29) is 0 Å². The lowest BCUT2D eigenvalue weighted by Crippen LogP contribution is -3.15. The summed E-state index contributed by atoms with van der Waals surface area (Å²) in [6, 6.07) is 16.1. The highest BCUT2D eigenvalue weighted by Gasteiger charge is 2.30. The average molecular weight is 377 g/mol. The molecule has 1 saturated heterocycles. The van der Waals surface area contributed by atoms with Crippen molar-refractivity contribution in [2.24, 2.45) is 0 Å². The number of piperazine rings is 1. The lowest BCUT2D eigenvalue weighted by atomic mass is 10.3. The molecule has 1 heterocycles. The summed E-state index contributed by atoms with van der Waals surface area (Å²) in [6.07, 6.45) is 0. The van der Waals surface area contributed by atoms with Gasteiger partial charge in [0.1, 0.15) is 24.7 Å². The molecule has 0 aliphatic carbocycles. The molecule has 0 bridgehead atoms. The van der Waals surface area contributed by atoms with Crippen molar-refractivity contribution in [3.8, 4) is 11.5 Å². The topological polar surface area (TPSA) is 60.3 Å². The summed E-state index contributed by atoms with van der Waals surface area (Å²) in [6.45, 7) is 4.11. The zero-order valence-corrected chi connectivity index (χ0v) is 15.7. The highest BCUT2D eigenvalue weighted by molar-refractivity contribution is 7.89. The molecule has 0 saturated carbocycles. The van der Waals surface area contributed by atoms with Crippen LogP contribution in [0.25, 0.3) is 0 Å². The molecule has 6 nitrogen and oxygen atoms in total. The quantitative estimate of drug-likeness (QED) is 0.770. The smallest absolute Gasteiger partial charge is 0.243 e. The van der Waals surface area contributed by atoms with Gasteiger partial charge < -0.3 is 14.4 Å². The zero-order valence-electron chi connectivity index (χ0n) is 14.9. The molecule has 1 fully saturated rings. The Bertz CT molecular complexity index is 786. The Morgan fingerprint density at radius 3 is 2.19 bits per heavy atom. The second-order valence-corrected chi connectivity index (χ2v) is 8.18. The Morgan fingerprint density at radius 2 is 1.58 bits per heavy atom. The number of nitrogens with zero attached hydrogens (tertiary/aromatic N) is 1. The van der Waals surface area contributed by atoms with Gasteiger partial charge in [0.25, 0.3) is 0 Å². The molecule has 0 atom stereocenters. The predicted octanol–water partition coefficient (Wildman–Crippen LogP) is 0.663. The molecule has 0 amide bonds. The van der Waals surface area contributed by atoms with E-state index in [0.29, 0.717) is 24.6 Å². The van der Waals surface area contributed by atoms with Gasteiger partial charge in [-0.05, 0) is 36.4 Å². The van der Waals surface area contributed by atoms with Crippen LogP contribution in [0.5, 0.6) is 11.5 Å². The van der Waals surface area contributed by atoms with Crippen molar-refractivity contribution < 1.29 is 22.8 Å². The molecule has 2 aromatic rings. The van der Waals surface area contributed by atoms with Crippen molar-refractivity contribution in [3.05, 3.63) is 54.6 Å². The Labute approximate surface area is 155 Å². The second-order valence-electron chi connectivity index (χ2n) is 6.24. The fourth-order valence-corrected chi connectivity index (χ4v) is 4.48. The first-order valence-corrected chi connectivity index (χ1v) is 10.2. The summed E-state index contributed by atoms with van der Waals surface area (Å²) in [5.41, 5.74) is 0. The van der Waals surface area contributed by atoms with Gasteiger partial charge in [-0.3, -0.25) is 0 Å². The first kappa shape index (κ1) is 18.7. The van der Waals surface area contributed by atoms with Crippen molar-refractivity contribution in [2.75, 3.05) is 46.4 Å². The standard InChI is InChI=1S/C19H24N2O4S/c1-24-17-7-9-18(10-8-17)25-16-15-20-11-13-21(14-12-20)26(22,23)19-5-3-2-4-6-19/h2-10H,11-16H2,1H3/p+1. The lowest BCUT2D eigenvalue weighted by molar-refractivity contribution is -0.903. The van der Waals surface area contributed by atoms with Crippen LogP contribution in [-0.4, -0.2) is 59.2 Å². The predicted molar refractivity (Wildman–Crippen MR) is 99.3 cm³/mol. The van der Waals surface area contributed by atoms with Crippen molar-refractivity contribution in [1.82, 2.24) is 4.31 Å². The van der Waals surface area contributed by atoms with E-state index < -0.39 is 10.0 Å². The Hall–Kier alpha value is -2.09. The highest BCUT2D eigenvalue weighted by Crippen LogP contribution is 2.17. The Kier molecular flexibility index (Phi) is 6.13. The summed E-state index contributed by atoms with van der Waals surface area (Å²) in [5.74, 6) is 1.62. The maximum Gasteiger partial charge on any atom is 0.243 e. The number of methoxy groups -OCH3 is 1. The third-order valence-electron chi connectivity index (χ3n) is 4.59. The average Bonchev–Trinajstić information content (AvgIpc) is 2.69. The van der Waals surface area contributed by atoms with E-state index in [9.17, 15) is 8.42 Å². The van der Waals surface area contributed by atoms with E-state index in [2.05, 4.69) is 0 Å². The lowest BCUT2D eigenvalue weighted by Gasteiger charge is -2.31. The van der Waals surface area contributed by atoms with Crippen molar-refractivity contribution in [3.63, 3.8) is 0 Å². The van der Waals surface area contributed by atoms with Gasteiger partial charge in [0.05, 0.1) is 38.2 Å². The number of sulfonamides is 1. The molecule has 0 aromatic heterocycles. The van der Waals surface area contributed by atoms with Crippen LogP contribution >= 0.6 is 0 Å². The number of ether oxygens (including phenoxy) is 2. The molecule has 2 aromatic carbocycles. The molecule has 26 heavy (non-hydrogen) atoms. The SMILES string of the molecule is COc1ccc(OCC[NH+]2CCN(S(=O)(=O)c3ccccc3)CC2)cc1. The van der Waals surface area contributed by atoms with Crippen LogP contribution in [0.15, 0.2) is 59.5 Å². The molecule has 0 unspecified atom stereocenters. The minimum atomic E-state index is -3.38. The number of rotatable bonds is 7. The van der Waals surface area contributed by atoms with Crippen LogP contribution in [-0.2, 0) is 10.0 Å². The summed E-state index contributed by atoms with van der Waals surface area (Å²) < 4.78 is 37.7. The number of hydrogen-bond donors (Lipinski definition) is 1. The third kappa shape index (κ3) is 4.55. The van der Waals surface area contributed by atoms with E-state index in [4.69, 9.17) is 9.47 Å². The molecule has 0 radical (unpaired) electrons. The van der Waals surface area contributed by atoms with Gasteiger partial charge in [-0.15, -0.1) is 0 Å². The van der Waals surface area contributed by atoms with Gasteiger partial charge in [-0.1, -0.05) is 18.2 Å². The number of hydrogen-bond acceptors (Lipinski definition) is 4. The summed E-state index contributed by atoms with van der Waals surface area (Å²) in [4.78, 5) is 1.73. The summed E-state index contributed by atoms with van der Waals surface area (Å²) in [5, 5.41) is 0. The van der Waals surface area contributed by atoms with Crippen LogP contribution in [0.1, 0.15) is 0 Å². The Balaban J connectivity index is 1.45. The first-order chi connectivity index (χ1) is 12.6. The summed E-state index contributed by atoms with van der Waals surface area (Å²) >= 11 is 0. The highest BCUT2D eigenvalue weighted by atomic mass is 32.2. The van der Waals surface area contributed by atoms with Crippen molar-refractivity contribution in [1.29, 1.82) is 0 Å². The third-order valence-corrected chi connectivity index (χ3v) is 6.51. The molecule has 7 heteroatoms. The largest absolute Gasteiger partial charge is 0.497 e. The van der Waals surface area contributed by atoms with Gasteiger partial charge in [0, 0.05) is 0 Å². The van der Waals surface area contributed by atoms with Gasteiger partial charge in [0.2, 0.25) is 10.0 Å². The maximum absolute atomic E-state index is 12.6. The second kappa shape index (κ2) is 8.53. The molecule has 1 aliphatic heterocycles. The molecule has 140 valence electrons. The number of benzene rings is 2. The van der Waals surface area contributed by atoms with Crippen molar-refractivity contribution in [2.45, 2.75) is 4.90 Å². The van der Waals surface area contributed by atoms with Gasteiger partial charge in [-0.2, -0.15) is 4.31 Å². The molecule has 1 aliphatic rings. The van der Waals surface area contributed by atoms with E-state index in [0.717, 1.165) is 31.1 Å². The summed E-state index contributed by atoms with van der Waals surface area (Å²) in [7, 11) is -1.74. The number of nitrogens with one attached hydrogen (secondary N) is 1. The maximum atomic E-state index is 12.6. The van der Waals surface area contributed by atoms with Crippen LogP contribution in [0, 0.1) is 0 Å². The van der Waals surface area contributed by atoms with E-state index >= 15 is 0 Å². The van der Waals surface area contributed by atoms with Crippen LogP contribution in [0.3, 0.4) is 0 Å². The van der Waals surface area contributed by atoms with Crippen molar-refractivity contribution >= 4 is 10.0 Å². The molecule has 1 N–H and O–H groups in total. The van der Waals surface area contributed by atoms with Crippen LogP contribution < -0.4 is 14.4 Å². The fraction of sp³-hybridized carbons (Fsp3) is 0.368.